The molecule has 2 heteroatoms. The third-order valence-electron chi connectivity index (χ3n) is 2.09. The molecule has 60 valence electrons. The van der Waals surface area contributed by atoms with Crippen molar-refractivity contribution in [2.45, 2.75) is 19.8 Å². The molecule has 0 unspecified atom stereocenters. The predicted molar refractivity (Wildman–Crippen MR) is 51.2 cm³/mol. The molecule has 1 aliphatic rings. The van der Waals surface area contributed by atoms with Gasteiger partial charge in [-0.1, -0.05) is 13.0 Å². The Kier molecular flexibility index (Phi) is 2.55. The maximum absolute atomic E-state index is 4.31. The molecule has 11 heavy (non-hydrogen) atoms. The van der Waals surface area contributed by atoms with Crippen LogP contribution in [0.1, 0.15) is 18.2 Å². The molecular weight excluding hydrogens is 154 g/mol. The zero-order valence-electron chi connectivity index (χ0n) is 6.67. The van der Waals surface area contributed by atoms with Crippen molar-refractivity contribution in [1.29, 1.82) is 0 Å². The van der Waals surface area contributed by atoms with Crippen molar-refractivity contribution < 1.29 is 0 Å². The third-order valence-corrected chi connectivity index (χ3v) is 2.09. The van der Waals surface area contributed by atoms with Crippen molar-refractivity contribution in [3.63, 3.8) is 0 Å². The first-order valence-electron chi connectivity index (χ1n) is 3.79. The van der Waals surface area contributed by atoms with Crippen LogP contribution in [-0.2, 0) is 12.8 Å². The van der Waals surface area contributed by atoms with Crippen LogP contribution in [0.5, 0.6) is 0 Å². The van der Waals surface area contributed by atoms with Gasteiger partial charge >= 0.3 is 0 Å². The molecular formula is C9H13NS. The Labute approximate surface area is 74.3 Å². The smallest absolute Gasteiger partial charge is 0.0438 e. The summed E-state index contributed by atoms with van der Waals surface area (Å²) in [5.41, 5.74) is 2.77. The minimum atomic E-state index is 0. The number of rotatable bonds is 0. The van der Waals surface area contributed by atoms with E-state index in [1.807, 2.05) is 12.3 Å². The van der Waals surface area contributed by atoms with Gasteiger partial charge in [-0.05, 0) is 30.4 Å². The molecule has 1 aliphatic carbocycles. The van der Waals surface area contributed by atoms with Crippen molar-refractivity contribution in [2.24, 2.45) is 5.92 Å². The van der Waals surface area contributed by atoms with E-state index < -0.39 is 0 Å². The van der Waals surface area contributed by atoms with Gasteiger partial charge in [0, 0.05) is 11.9 Å². The van der Waals surface area contributed by atoms with Crippen molar-refractivity contribution in [1.82, 2.24) is 4.98 Å². The predicted octanol–water partition coefficient (Wildman–Crippen LogP) is 1.93. The SMILES string of the molecule is C[C@H]1Cc2cccnc2C1.S. The van der Waals surface area contributed by atoms with Crippen LogP contribution in [0.25, 0.3) is 0 Å². The van der Waals surface area contributed by atoms with Crippen molar-refractivity contribution >= 4 is 13.5 Å². The van der Waals surface area contributed by atoms with E-state index in [2.05, 4.69) is 18.0 Å². The Bertz CT molecular complexity index is 222. The summed E-state index contributed by atoms with van der Waals surface area (Å²) in [6, 6.07) is 4.21. The number of hydrogen-bond donors (Lipinski definition) is 0. The summed E-state index contributed by atoms with van der Waals surface area (Å²) >= 11 is 0. The topological polar surface area (TPSA) is 12.9 Å². The maximum atomic E-state index is 4.31. The Hall–Kier alpha value is -0.500. The van der Waals surface area contributed by atoms with E-state index in [0.717, 1.165) is 5.92 Å². The molecule has 1 heterocycles. The lowest BCUT2D eigenvalue weighted by atomic mass is 10.1. The van der Waals surface area contributed by atoms with E-state index in [4.69, 9.17) is 0 Å². The van der Waals surface area contributed by atoms with E-state index in [0.29, 0.717) is 0 Å². The molecule has 0 radical (unpaired) electrons. The summed E-state index contributed by atoms with van der Waals surface area (Å²) in [4.78, 5) is 4.31. The molecule has 2 rings (SSSR count). The summed E-state index contributed by atoms with van der Waals surface area (Å²) in [6.07, 6.45) is 4.29. The zero-order chi connectivity index (χ0) is 6.97. The quantitative estimate of drug-likeness (QED) is 0.575. The maximum Gasteiger partial charge on any atom is 0.0438 e. The highest BCUT2D eigenvalue weighted by Crippen LogP contribution is 2.23. The lowest BCUT2D eigenvalue weighted by Gasteiger charge is -1.92. The van der Waals surface area contributed by atoms with Gasteiger partial charge in [-0.2, -0.15) is 13.5 Å². The first-order chi connectivity index (χ1) is 4.86. The van der Waals surface area contributed by atoms with Gasteiger partial charge in [0.1, 0.15) is 0 Å². The number of aromatic nitrogens is 1. The number of pyridine rings is 1. The fraction of sp³-hybridized carbons (Fsp3) is 0.444. The van der Waals surface area contributed by atoms with Gasteiger partial charge in [0.25, 0.3) is 0 Å². The van der Waals surface area contributed by atoms with Crippen LogP contribution in [0.15, 0.2) is 18.3 Å². The highest BCUT2D eigenvalue weighted by Gasteiger charge is 2.17. The summed E-state index contributed by atoms with van der Waals surface area (Å²) in [5.74, 6) is 0.810. The Morgan fingerprint density at radius 3 is 3.00 bits per heavy atom. The Morgan fingerprint density at radius 1 is 1.45 bits per heavy atom. The van der Waals surface area contributed by atoms with Crippen molar-refractivity contribution in [3.8, 4) is 0 Å². The molecule has 1 nitrogen and oxygen atoms in total. The van der Waals surface area contributed by atoms with E-state index >= 15 is 0 Å². The fourth-order valence-corrected chi connectivity index (χ4v) is 1.62. The number of hydrogen-bond acceptors (Lipinski definition) is 1. The van der Waals surface area contributed by atoms with E-state index in [1.165, 1.54) is 24.1 Å². The fourth-order valence-electron chi connectivity index (χ4n) is 1.62. The minimum Gasteiger partial charge on any atom is -0.261 e. The molecule has 0 amide bonds. The molecule has 1 aromatic rings. The lowest BCUT2D eigenvalue weighted by molar-refractivity contribution is 0.623. The average molecular weight is 167 g/mol. The van der Waals surface area contributed by atoms with Crippen LogP contribution in [0.3, 0.4) is 0 Å². The molecule has 0 aliphatic heterocycles. The summed E-state index contributed by atoms with van der Waals surface area (Å²) in [5, 5.41) is 0. The number of nitrogens with zero attached hydrogens (tertiary/aromatic N) is 1. The molecule has 1 atom stereocenters. The minimum absolute atomic E-state index is 0. The van der Waals surface area contributed by atoms with Gasteiger partial charge in [0.05, 0.1) is 0 Å². The largest absolute Gasteiger partial charge is 0.261 e. The lowest BCUT2D eigenvalue weighted by Crippen LogP contribution is -1.90. The van der Waals surface area contributed by atoms with E-state index in [9.17, 15) is 0 Å². The van der Waals surface area contributed by atoms with Crippen LogP contribution in [0.2, 0.25) is 0 Å². The van der Waals surface area contributed by atoms with Gasteiger partial charge in [-0.3, -0.25) is 4.98 Å². The highest BCUT2D eigenvalue weighted by molar-refractivity contribution is 7.59. The van der Waals surface area contributed by atoms with E-state index in [-0.39, 0.29) is 13.5 Å². The second-order valence-electron chi connectivity index (χ2n) is 3.12. The number of fused-ring (bicyclic) bond motifs is 1. The van der Waals surface area contributed by atoms with Crippen LogP contribution < -0.4 is 0 Å². The van der Waals surface area contributed by atoms with Crippen molar-refractivity contribution in [2.75, 3.05) is 0 Å². The molecule has 0 fully saturated rings. The van der Waals surface area contributed by atoms with Gasteiger partial charge in [-0.25, -0.2) is 0 Å². The molecule has 0 saturated carbocycles. The van der Waals surface area contributed by atoms with E-state index in [1.54, 1.807) is 0 Å². The zero-order valence-corrected chi connectivity index (χ0v) is 7.67. The first kappa shape index (κ1) is 8.60. The van der Waals surface area contributed by atoms with Crippen LogP contribution in [0.4, 0.5) is 0 Å². The van der Waals surface area contributed by atoms with Crippen LogP contribution in [0, 0.1) is 5.92 Å². The van der Waals surface area contributed by atoms with Gasteiger partial charge in [0.15, 0.2) is 0 Å². The molecule has 0 aromatic carbocycles. The second kappa shape index (κ2) is 3.26. The molecule has 0 spiro atoms. The normalized spacial score (nSPS) is 20.6. The standard InChI is InChI=1S/C9H11N.H2S/c1-7-5-8-3-2-4-10-9(8)6-7;/h2-4,7H,5-6H2,1H3;1H2/t7-;/m0./s1. The van der Waals surface area contributed by atoms with Gasteiger partial charge in [-0.15, -0.1) is 0 Å². The molecule has 1 aromatic heterocycles. The summed E-state index contributed by atoms with van der Waals surface area (Å²) < 4.78 is 0. The Morgan fingerprint density at radius 2 is 2.27 bits per heavy atom. The van der Waals surface area contributed by atoms with Crippen LogP contribution in [-0.4, -0.2) is 4.98 Å². The third kappa shape index (κ3) is 1.56. The average Bonchev–Trinajstić information content (AvgIpc) is 2.27. The highest BCUT2D eigenvalue weighted by atomic mass is 32.1. The molecule has 0 saturated heterocycles. The van der Waals surface area contributed by atoms with Gasteiger partial charge in [0.2, 0.25) is 0 Å². The summed E-state index contributed by atoms with van der Waals surface area (Å²) in [6.45, 7) is 2.28. The molecule has 0 bridgehead atoms. The first-order valence-corrected chi connectivity index (χ1v) is 3.79. The monoisotopic (exact) mass is 167 g/mol. The van der Waals surface area contributed by atoms with Gasteiger partial charge < -0.3 is 0 Å². The summed E-state index contributed by atoms with van der Waals surface area (Å²) in [7, 11) is 0. The van der Waals surface area contributed by atoms with Crippen molar-refractivity contribution in [3.05, 3.63) is 29.6 Å². The second-order valence-corrected chi connectivity index (χ2v) is 3.12. The molecule has 0 N–H and O–H groups in total. The van der Waals surface area contributed by atoms with Crippen LogP contribution >= 0.6 is 13.5 Å². The Balaban J connectivity index is 0.000000605.